The molecular weight excluding hydrogens is 276 g/mol. The number of aromatic nitrogens is 2. The summed E-state index contributed by atoms with van der Waals surface area (Å²) in [5, 5.41) is 12.2. The van der Waals surface area contributed by atoms with Crippen LogP contribution in [-0.2, 0) is 5.41 Å². The summed E-state index contributed by atoms with van der Waals surface area (Å²) in [5.74, 6) is 0. The molecule has 0 amide bonds. The predicted molar refractivity (Wildman–Crippen MR) is 81.3 cm³/mol. The fourth-order valence-electron chi connectivity index (χ4n) is 1.84. The van der Waals surface area contributed by atoms with Gasteiger partial charge in [-0.05, 0) is 41.5 Å². The molecule has 2 aromatic rings. The molecule has 0 aliphatic heterocycles. The number of rotatable bonds is 3. The lowest BCUT2D eigenvalue weighted by Gasteiger charge is -2.28. The van der Waals surface area contributed by atoms with Gasteiger partial charge < -0.3 is 5.11 Å². The summed E-state index contributed by atoms with van der Waals surface area (Å²) >= 11 is 3.31. The molecule has 0 aliphatic carbocycles. The number of hydrogen-bond donors (Lipinski definition) is 1. The standard InChI is InChI=1S/C14H20N2OS2/c1-7-9(3)18-12(15-7)14(6,11(5)17)13-16-8(2)10(4)19-13/h11,17H,1-6H3. The Morgan fingerprint density at radius 2 is 1.32 bits per heavy atom. The number of hydrogen-bond acceptors (Lipinski definition) is 5. The van der Waals surface area contributed by atoms with Crippen LogP contribution in [0.4, 0.5) is 0 Å². The van der Waals surface area contributed by atoms with E-state index in [-0.39, 0.29) is 0 Å². The first kappa shape index (κ1) is 14.6. The maximum atomic E-state index is 10.3. The minimum absolute atomic E-state index is 0.520. The summed E-state index contributed by atoms with van der Waals surface area (Å²) < 4.78 is 0. The van der Waals surface area contributed by atoms with Crippen molar-refractivity contribution >= 4 is 22.7 Å². The highest BCUT2D eigenvalue weighted by Crippen LogP contribution is 2.40. The van der Waals surface area contributed by atoms with Crippen molar-refractivity contribution in [2.45, 2.75) is 53.1 Å². The molecule has 5 heteroatoms. The zero-order valence-corrected chi connectivity index (χ0v) is 13.9. The van der Waals surface area contributed by atoms with Gasteiger partial charge in [0.1, 0.15) is 10.0 Å². The van der Waals surface area contributed by atoms with E-state index in [0.29, 0.717) is 0 Å². The maximum absolute atomic E-state index is 10.3. The zero-order chi connectivity index (χ0) is 14.4. The Kier molecular flexibility index (Phi) is 3.82. The van der Waals surface area contributed by atoms with Crippen molar-refractivity contribution in [2.75, 3.05) is 0 Å². The largest absolute Gasteiger partial charge is 0.392 e. The van der Waals surface area contributed by atoms with Crippen LogP contribution in [0.5, 0.6) is 0 Å². The molecule has 3 nitrogen and oxygen atoms in total. The molecule has 0 spiro atoms. The van der Waals surface area contributed by atoms with Crippen molar-refractivity contribution in [3.63, 3.8) is 0 Å². The second-order valence-electron chi connectivity index (χ2n) is 5.20. The van der Waals surface area contributed by atoms with Crippen LogP contribution in [-0.4, -0.2) is 21.2 Å². The van der Waals surface area contributed by atoms with Crippen LogP contribution < -0.4 is 0 Å². The van der Waals surface area contributed by atoms with E-state index in [1.165, 1.54) is 9.75 Å². The first-order valence-electron chi connectivity index (χ1n) is 6.34. The van der Waals surface area contributed by atoms with Crippen molar-refractivity contribution in [1.82, 2.24) is 9.97 Å². The zero-order valence-electron chi connectivity index (χ0n) is 12.2. The van der Waals surface area contributed by atoms with E-state index in [2.05, 4.69) is 23.8 Å². The lowest BCUT2D eigenvalue weighted by atomic mass is 9.86. The predicted octanol–water partition coefficient (Wildman–Crippen LogP) is 3.52. The molecule has 0 aromatic carbocycles. The first-order valence-corrected chi connectivity index (χ1v) is 7.97. The molecule has 0 bridgehead atoms. The molecule has 0 saturated carbocycles. The van der Waals surface area contributed by atoms with Crippen molar-refractivity contribution in [3.8, 4) is 0 Å². The molecular formula is C14H20N2OS2. The SMILES string of the molecule is Cc1nc(C(C)(c2nc(C)c(C)s2)C(C)O)sc1C. The number of thiazole rings is 2. The van der Waals surface area contributed by atoms with Gasteiger partial charge in [0.15, 0.2) is 0 Å². The van der Waals surface area contributed by atoms with E-state index in [0.717, 1.165) is 21.4 Å². The summed E-state index contributed by atoms with van der Waals surface area (Å²) in [6, 6.07) is 0. The highest BCUT2D eigenvalue weighted by molar-refractivity contribution is 7.13. The third-order valence-electron chi connectivity index (χ3n) is 3.78. The van der Waals surface area contributed by atoms with Gasteiger partial charge in [-0.3, -0.25) is 0 Å². The van der Waals surface area contributed by atoms with Crippen LogP contribution in [0.2, 0.25) is 0 Å². The quantitative estimate of drug-likeness (QED) is 0.942. The molecule has 2 heterocycles. The van der Waals surface area contributed by atoms with Gasteiger partial charge >= 0.3 is 0 Å². The van der Waals surface area contributed by atoms with Crippen LogP contribution in [0.1, 0.15) is 45.0 Å². The minimum Gasteiger partial charge on any atom is -0.392 e. The van der Waals surface area contributed by atoms with Crippen LogP contribution >= 0.6 is 22.7 Å². The van der Waals surface area contributed by atoms with Crippen LogP contribution in [0.3, 0.4) is 0 Å². The molecule has 2 aromatic heterocycles. The van der Waals surface area contributed by atoms with Crippen molar-refractivity contribution in [2.24, 2.45) is 0 Å². The van der Waals surface area contributed by atoms with Gasteiger partial charge in [-0.15, -0.1) is 22.7 Å². The van der Waals surface area contributed by atoms with Gasteiger partial charge in [0, 0.05) is 9.75 Å². The van der Waals surface area contributed by atoms with E-state index in [1.54, 1.807) is 22.7 Å². The van der Waals surface area contributed by atoms with E-state index in [9.17, 15) is 5.11 Å². The topological polar surface area (TPSA) is 46.0 Å². The van der Waals surface area contributed by atoms with Crippen molar-refractivity contribution < 1.29 is 5.11 Å². The molecule has 104 valence electrons. The summed E-state index contributed by atoms with van der Waals surface area (Å²) in [5.41, 5.74) is 1.56. The smallest absolute Gasteiger partial charge is 0.108 e. The summed E-state index contributed by atoms with van der Waals surface area (Å²) in [6.45, 7) is 12.0. The van der Waals surface area contributed by atoms with Gasteiger partial charge in [0.2, 0.25) is 0 Å². The monoisotopic (exact) mass is 296 g/mol. The van der Waals surface area contributed by atoms with E-state index in [4.69, 9.17) is 0 Å². The molecule has 0 aliphatic rings. The van der Waals surface area contributed by atoms with Crippen LogP contribution in [0.15, 0.2) is 0 Å². The average Bonchev–Trinajstić information content (AvgIpc) is 2.83. The minimum atomic E-state index is -0.526. The Labute approximate surface area is 122 Å². The van der Waals surface area contributed by atoms with Crippen molar-refractivity contribution in [1.29, 1.82) is 0 Å². The van der Waals surface area contributed by atoms with Gasteiger partial charge in [-0.25, -0.2) is 9.97 Å². The Morgan fingerprint density at radius 1 is 0.947 bits per heavy atom. The molecule has 1 N–H and O–H groups in total. The second-order valence-corrected chi connectivity index (χ2v) is 7.61. The highest BCUT2D eigenvalue weighted by Gasteiger charge is 2.40. The van der Waals surface area contributed by atoms with Crippen molar-refractivity contribution in [3.05, 3.63) is 31.2 Å². The summed E-state index contributed by atoms with van der Waals surface area (Å²) in [7, 11) is 0. The highest BCUT2D eigenvalue weighted by atomic mass is 32.1. The Bertz CT molecular complexity index is 513. The number of aliphatic hydroxyl groups excluding tert-OH is 1. The summed E-state index contributed by atoms with van der Waals surface area (Å²) in [6.07, 6.45) is -0.526. The molecule has 0 fully saturated rings. The molecule has 1 unspecified atom stereocenters. The number of aliphatic hydroxyl groups is 1. The van der Waals surface area contributed by atoms with Gasteiger partial charge in [0.05, 0.1) is 22.9 Å². The average molecular weight is 296 g/mol. The third kappa shape index (κ3) is 2.35. The van der Waals surface area contributed by atoms with E-state index >= 15 is 0 Å². The third-order valence-corrected chi connectivity index (χ3v) is 6.40. The first-order chi connectivity index (χ1) is 8.76. The number of nitrogens with zero attached hydrogens (tertiary/aromatic N) is 2. The Balaban J connectivity index is 2.60. The normalized spacial score (nSPS) is 13.8. The number of aryl methyl sites for hydroxylation is 4. The molecule has 19 heavy (non-hydrogen) atoms. The lowest BCUT2D eigenvalue weighted by molar-refractivity contribution is 0.129. The second kappa shape index (κ2) is 4.96. The lowest BCUT2D eigenvalue weighted by Crippen LogP contribution is -2.35. The fourth-order valence-corrected chi connectivity index (χ4v) is 4.19. The molecule has 1 atom stereocenters. The Morgan fingerprint density at radius 3 is 1.53 bits per heavy atom. The van der Waals surface area contributed by atoms with Gasteiger partial charge in [-0.1, -0.05) is 0 Å². The Hall–Kier alpha value is -0.780. The van der Waals surface area contributed by atoms with E-state index < -0.39 is 11.5 Å². The fraction of sp³-hybridized carbons (Fsp3) is 0.571. The maximum Gasteiger partial charge on any atom is 0.108 e. The van der Waals surface area contributed by atoms with Gasteiger partial charge in [0.25, 0.3) is 0 Å². The van der Waals surface area contributed by atoms with Crippen LogP contribution in [0, 0.1) is 27.7 Å². The van der Waals surface area contributed by atoms with Gasteiger partial charge in [-0.2, -0.15) is 0 Å². The van der Waals surface area contributed by atoms with E-state index in [1.807, 2.05) is 27.7 Å². The molecule has 2 rings (SSSR count). The molecule has 0 saturated heterocycles. The summed E-state index contributed by atoms with van der Waals surface area (Å²) in [4.78, 5) is 11.7. The molecule has 0 radical (unpaired) electrons. The van der Waals surface area contributed by atoms with Crippen LogP contribution in [0.25, 0.3) is 0 Å².